The topological polar surface area (TPSA) is 53.5 Å². The molecule has 174 valence electrons. The second-order valence-electron chi connectivity index (χ2n) is 8.97. The highest BCUT2D eigenvalue weighted by molar-refractivity contribution is 5.63. The number of anilines is 3. The average Bonchev–Trinajstić information content (AvgIpc) is 2.79. The van der Waals surface area contributed by atoms with Crippen LogP contribution >= 0.6 is 0 Å². The number of benzene rings is 1. The fraction of sp³-hybridized carbons (Fsp3) is 0.385. The van der Waals surface area contributed by atoms with Crippen molar-refractivity contribution < 1.29 is 9.13 Å². The molecule has 3 aromatic rings. The molecule has 2 aromatic heterocycles. The van der Waals surface area contributed by atoms with Crippen LogP contribution in [0.15, 0.2) is 48.7 Å². The van der Waals surface area contributed by atoms with E-state index in [-0.39, 0.29) is 5.82 Å². The molecule has 0 unspecified atom stereocenters. The minimum Gasteiger partial charge on any atom is -0.476 e. The van der Waals surface area contributed by atoms with E-state index >= 15 is 0 Å². The summed E-state index contributed by atoms with van der Waals surface area (Å²) in [5.74, 6) is 1.52. The van der Waals surface area contributed by atoms with Gasteiger partial charge in [-0.2, -0.15) is 4.98 Å². The number of halogens is 1. The third-order valence-corrected chi connectivity index (χ3v) is 5.81. The molecule has 0 atom stereocenters. The highest BCUT2D eigenvalue weighted by atomic mass is 19.1. The third-order valence-electron chi connectivity index (χ3n) is 5.81. The Balaban J connectivity index is 1.63. The van der Waals surface area contributed by atoms with E-state index in [2.05, 4.69) is 33.9 Å². The molecule has 3 heterocycles. The summed E-state index contributed by atoms with van der Waals surface area (Å²) in [7, 11) is 4.02. The van der Waals surface area contributed by atoms with Crippen molar-refractivity contribution in [2.75, 3.05) is 44.0 Å². The van der Waals surface area contributed by atoms with Crippen molar-refractivity contribution in [3.05, 3.63) is 71.3 Å². The molecule has 1 N–H and O–H groups in total. The van der Waals surface area contributed by atoms with E-state index in [0.29, 0.717) is 30.6 Å². The smallest absolute Gasteiger partial charge is 0.215 e. The Labute approximate surface area is 195 Å². The fourth-order valence-electron chi connectivity index (χ4n) is 3.93. The predicted octanol–water partition coefficient (Wildman–Crippen LogP) is 4.99. The Morgan fingerprint density at radius 3 is 2.70 bits per heavy atom. The molecule has 0 aliphatic carbocycles. The van der Waals surface area contributed by atoms with Crippen LogP contribution in [0.1, 0.15) is 36.6 Å². The first kappa shape index (κ1) is 23.0. The van der Waals surface area contributed by atoms with Crippen LogP contribution < -0.4 is 15.0 Å². The number of ether oxygens (including phenoxy) is 1. The lowest BCUT2D eigenvalue weighted by atomic mass is 10.00. The van der Waals surface area contributed by atoms with Gasteiger partial charge in [-0.3, -0.25) is 4.98 Å². The SMILES string of the molecule is CC(C)c1ccc(Nc2nc(OCCN(C)C)cc3c2CCN(c2ccccc2F)C3)cn1. The van der Waals surface area contributed by atoms with Gasteiger partial charge in [-0.05, 0) is 56.3 Å². The molecule has 0 saturated heterocycles. The largest absolute Gasteiger partial charge is 0.476 e. The molecule has 0 spiro atoms. The van der Waals surface area contributed by atoms with Crippen molar-refractivity contribution >= 4 is 17.2 Å². The molecule has 6 nitrogen and oxygen atoms in total. The summed E-state index contributed by atoms with van der Waals surface area (Å²) in [6.07, 6.45) is 2.60. The van der Waals surface area contributed by atoms with Crippen LogP contribution in [-0.2, 0) is 13.0 Å². The average molecular weight is 450 g/mol. The second-order valence-corrected chi connectivity index (χ2v) is 8.97. The van der Waals surface area contributed by atoms with Gasteiger partial charge in [-0.15, -0.1) is 0 Å². The molecule has 4 rings (SSSR count). The Kier molecular flexibility index (Phi) is 7.08. The number of nitrogens with one attached hydrogen (secondary N) is 1. The maximum Gasteiger partial charge on any atom is 0.215 e. The first-order valence-electron chi connectivity index (χ1n) is 11.4. The maximum absolute atomic E-state index is 14.4. The van der Waals surface area contributed by atoms with Crippen LogP contribution in [0.5, 0.6) is 5.88 Å². The first-order valence-corrected chi connectivity index (χ1v) is 11.4. The number of rotatable bonds is 8. The minimum atomic E-state index is -0.202. The van der Waals surface area contributed by atoms with Gasteiger partial charge in [-0.25, -0.2) is 4.39 Å². The number of para-hydroxylation sites is 1. The summed E-state index contributed by atoms with van der Waals surface area (Å²) in [6, 6.07) is 13.0. The van der Waals surface area contributed by atoms with Crippen molar-refractivity contribution in [3.63, 3.8) is 0 Å². The number of pyridine rings is 2. The molecule has 0 fully saturated rings. The van der Waals surface area contributed by atoms with E-state index in [1.54, 1.807) is 6.07 Å². The van der Waals surface area contributed by atoms with Crippen LogP contribution in [0, 0.1) is 5.82 Å². The van der Waals surface area contributed by atoms with Crippen molar-refractivity contribution in [2.24, 2.45) is 0 Å². The quantitative estimate of drug-likeness (QED) is 0.523. The summed E-state index contributed by atoms with van der Waals surface area (Å²) in [5.41, 5.74) is 4.79. The Bertz CT molecular complexity index is 1080. The Hall–Kier alpha value is -3.19. The summed E-state index contributed by atoms with van der Waals surface area (Å²) in [6.45, 7) is 6.91. The zero-order valence-corrected chi connectivity index (χ0v) is 19.8. The summed E-state index contributed by atoms with van der Waals surface area (Å²) in [4.78, 5) is 13.5. The highest BCUT2D eigenvalue weighted by Crippen LogP contribution is 2.33. The lowest BCUT2D eigenvalue weighted by Gasteiger charge is -2.32. The van der Waals surface area contributed by atoms with Crippen LogP contribution in [0.4, 0.5) is 21.6 Å². The predicted molar refractivity (Wildman–Crippen MR) is 131 cm³/mol. The van der Waals surface area contributed by atoms with Crippen molar-refractivity contribution in [2.45, 2.75) is 32.7 Å². The molecule has 0 bridgehead atoms. The first-order chi connectivity index (χ1) is 15.9. The van der Waals surface area contributed by atoms with Gasteiger partial charge in [0, 0.05) is 37.0 Å². The van der Waals surface area contributed by atoms with Gasteiger partial charge in [0.1, 0.15) is 18.2 Å². The van der Waals surface area contributed by atoms with Crippen molar-refractivity contribution in [1.29, 1.82) is 0 Å². The Morgan fingerprint density at radius 2 is 2.00 bits per heavy atom. The summed E-state index contributed by atoms with van der Waals surface area (Å²) >= 11 is 0. The van der Waals surface area contributed by atoms with E-state index in [9.17, 15) is 4.39 Å². The number of hydrogen-bond donors (Lipinski definition) is 1. The molecule has 33 heavy (non-hydrogen) atoms. The van der Waals surface area contributed by atoms with Crippen LogP contribution in [0.25, 0.3) is 0 Å². The van der Waals surface area contributed by atoms with Crippen LogP contribution in [-0.4, -0.2) is 48.7 Å². The molecule has 1 aliphatic heterocycles. The normalized spacial score (nSPS) is 13.4. The van der Waals surface area contributed by atoms with Gasteiger partial charge in [0.2, 0.25) is 5.88 Å². The number of likely N-dealkylation sites (N-methyl/N-ethyl adjacent to an activating group) is 1. The molecule has 0 saturated carbocycles. The van der Waals surface area contributed by atoms with Crippen LogP contribution in [0.2, 0.25) is 0 Å². The molecule has 1 aromatic carbocycles. The second kappa shape index (κ2) is 10.2. The van der Waals surface area contributed by atoms with E-state index in [1.165, 1.54) is 6.07 Å². The molecule has 0 amide bonds. The molecule has 7 heteroatoms. The standard InChI is InChI=1S/C26H32FN5O/c1-18(2)23-10-9-20(16-28-23)29-26-21-11-12-32(24-8-6-5-7-22(24)27)17-19(21)15-25(30-26)33-14-13-31(3)4/h5-10,15-16,18H,11-14,17H2,1-4H3,(H,29,30). The van der Waals surface area contributed by atoms with Crippen molar-refractivity contribution in [1.82, 2.24) is 14.9 Å². The van der Waals surface area contributed by atoms with Gasteiger partial charge in [0.25, 0.3) is 0 Å². The molecule has 1 aliphatic rings. The maximum atomic E-state index is 14.4. The van der Waals surface area contributed by atoms with Gasteiger partial charge in [0.05, 0.1) is 17.6 Å². The van der Waals surface area contributed by atoms with E-state index in [0.717, 1.165) is 47.8 Å². The van der Waals surface area contributed by atoms with Crippen molar-refractivity contribution in [3.8, 4) is 5.88 Å². The van der Waals surface area contributed by atoms with Crippen LogP contribution in [0.3, 0.4) is 0 Å². The van der Waals surface area contributed by atoms with Gasteiger partial charge in [-0.1, -0.05) is 26.0 Å². The number of aromatic nitrogens is 2. The van der Waals surface area contributed by atoms with Gasteiger partial charge in [0.15, 0.2) is 0 Å². The Morgan fingerprint density at radius 1 is 1.18 bits per heavy atom. The zero-order valence-electron chi connectivity index (χ0n) is 19.8. The molecule has 0 radical (unpaired) electrons. The summed E-state index contributed by atoms with van der Waals surface area (Å²) < 4.78 is 20.4. The van der Waals surface area contributed by atoms with E-state index in [1.807, 2.05) is 50.6 Å². The fourth-order valence-corrected chi connectivity index (χ4v) is 3.93. The van der Waals surface area contributed by atoms with E-state index in [4.69, 9.17) is 9.72 Å². The zero-order chi connectivity index (χ0) is 23.4. The number of fused-ring (bicyclic) bond motifs is 1. The summed E-state index contributed by atoms with van der Waals surface area (Å²) in [5, 5.41) is 3.45. The molecular weight excluding hydrogens is 417 g/mol. The third kappa shape index (κ3) is 5.60. The highest BCUT2D eigenvalue weighted by Gasteiger charge is 2.23. The monoisotopic (exact) mass is 449 g/mol. The number of nitrogens with zero attached hydrogens (tertiary/aromatic N) is 4. The lowest BCUT2D eigenvalue weighted by molar-refractivity contribution is 0.254. The van der Waals surface area contributed by atoms with E-state index < -0.39 is 0 Å². The number of hydrogen-bond acceptors (Lipinski definition) is 6. The van der Waals surface area contributed by atoms with Gasteiger partial charge >= 0.3 is 0 Å². The lowest BCUT2D eigenvalue weighted by Crippen LogP contribution is -2.31. The minimum absolute atomic E-state index is 0.202. The molecular formula is C26H32FN5O. The van der Waals surface area contributed by atoms with Gasteiger partial charge < -0.3 is 19.9 Å².